The largest absolute Gasteiger partial charge is 0.349 e. The second-order valence-corrected chi connectivity index (χ2v) is 4.81. The Morgan fingerprint density at radius 1 is 1.47 bits per heavy atom. The molecule has 2 unspecified atom stereocenters. The first-order valence-corrected chi connectivity index (χ1v) is 6.76. The predicted molar refractivity (Wildman–Crippen MR) is 74.5 cm³/mol. The lowest BCUT2D eigenvalue weighted by Crippen LogP contribution is -2.33. The fraction of sp³-hybridized carbons (Fsp3) is 0.615. The Morgan fingerprint density at radius 2 is 2.21 bits per heavy atom. The minimum absolute atomic E-state index is 0.238. The number of likely N-dealkylation sites (N-methyl/N-ethyl adjacent to an activating group) is 1. The van der Waals surface area contributed by atoms with E-state index in [0.29, 0.717) is 17.5 Å². The van der Waals surface area contributed by atoms with Gasteiger partial charge in [-0.15, -0.1) is 0 Å². The van der Waals surface area contributed by atoms with Crippen LogP contribution in [0.4, 0.5) is 0 Å². The number of nitrogens with one attached hydrogen (secondary N) is 2. The topological polar surface area (TPSA) is 75.1 Å². The van der Waals surface area contributed by atoms with Crippen LogP contribution < -0.4 is 11.0 Å². The van der Waals surface area contributed by atoms with Gasteiger partial charge in [0, 0.05) is 18.0 Å². The predicted octanol–water partition coefficient (Wildman–Crippen LogP) is 1.22. The molecule has 0 amide bonds. The van der Waals surface area contributed by atoms with Crippen LogP contribution in [0.2, 0.25) is 0 Å². The number of H-pyrrole nitrogens is 1. The van der Waals surface area contributed by atoms with Crippen LogP contribution in [0.3, 0.4) is 0 Å². The van der Waals surface area contributed by atoms with Crippen molar-refractivity contribution in [3.05, 3.63) is 28.1 Å². The number of aryl methyl sites for hydroxylation is 1. The highest BCUT2D eigenvalue weighted by molar-refractivity contribution is 5.39. The Bertz CT molecular complexity index is 615. The summed E-state index contributed by atoms with van der Waals surface area (Å²) in [5, 5.41) is 9.94. The van der Waals surface area contributed by atoms with Crippen molar-refractivity contribution in [3.8, 4) is 0 Å². The van der Waals surface area contributed by atoms with Gasteiger partial charge in [0.1, 0.15) is 5.82 Å². The average Bonchev–Trinajstić information content (AvgIpc) is 2.77. The number of rotatable bonds is 5. The smallest absolute Gasteiger partial charge is 0.314 e. The molecule has 2 aromatic rings. The Hall–Kier alpha value is -1.69. The molecule has 0 saturated carbocycles. The van der Waals surface area contributed by atoms with E-state index in [0.717, 1.165) is 18.7 Å². The first-order valence-electron chi connectivity index (χ1n) is 6.76. The van der Waals surface area contributed by atoms with Crippen molar-refractivity contribution in [2.24, 2.45) is 0 Å². The lowest BCUT2D eigenvalue weighted by Gasteiger charge is -2.23. The van der Waals surface area contributed by atoms with Crippen LogP contribution in [0.25, 0.3) is 5.65 Å². The molecule has 0 radical (unpaired) electrons. The maximum Gasteiger partial charge on any atom is 0.349 e. The molecule has 2 aromatic heterocycles. The lowest BCUT2D eigenvalue weighted by molar-refractivity contribution is 0.442. The van der Waals surface area contributed by atoms with E-state index in [1.54, 1.807) is 0 Å². The maximum absolute atomic E-state index is 11.6. The third kappa shape index (κ3) is 2.53. The van der Waals surface area contributed by atoms with E-state index in [1.807, 2.05) is 13.0 Å². The van der Waals surface area contributed by atoms with Crippen molar-refractivity contribution in [3.63, 3.8) is 0 Å². The number of aromatic amines is 1. The summed E-state index contributed by atoms with van der Waals surface area (Å²) in [6.45, 7) is 9.18. The highest BCUT2D eigenvalue weighted by Gasteiger charge is 2.19. The van der Waals surface area contributed by atoms with Gasteiger partial charge in [-0.2, -0.15) is 5.10 Å². The molecule has 0 aliphatic rings. The van der Waals surface area contributed by atoms with E-state index in [-0.39, 0.29) is 11.6 Å². The molecule has 0 aliphatic heterocycles. The lowest BCUT2D eigenvalue weighted by atomic mass is 9.95. The molecule has 0 saturated heterocycles. The van der Waals surface area contributed by atoms with E-state index >= 15 is 0 Å². The van der Waals surface area contributed by atoms with Gasteiger partial charge in [0.25, 0.3) is 0 Å². The molecule has 2 heterocycles. The number of hydrogen-bond donors (Lipinski definition) is 2. The van der Waals surface area contributed by atoms with Gasteiger partial charge in [0.2, 0.25) is 0 Å². The van der Waals surface area contributed by atoms with Crippen molar-refractivity contribution < 1.29 is 0 Å². The molecule has 0 fully saturated rings. The van der Waals surface area contributed by atoms with Gasteiger partial charge in [-0.1, -0.05) is 20.8 Å². The highest BCUT2D eigenvalue weighted by atomic mass is 16.1. The summed E-state index contributed by atoms with van der Waals surface area (Å²) >= 11 is 0. The molecule has 0 aromatic carbocycles. The summed E-state index contributed by atoms with van der Waals surface area (Å²) in [6.07, 6.45) is 1.04. The van der Waals surface area contributed by atoms with Crippen LogP contribution in [0.15, 0.2) is 10.9 Å². The maximum atomic E-state index is 11.6. The normalized spacial score (nSPS) is 14.7. The second kappa shape index (κ2) is 5.52. The fourth-order valence-corrected chi connectivity index (χ4v) is 2.50. The van der Waals surface area contributed by atoms with Gasteiger partial charge in [-0.3, -0.25) is 0 Å². The van der Waals surface area contributed by atoms with Crippen molar-refractivity contribution in [2.45, 2.75) is 46.1 Å². The summed E-state index contributed by atoms with van der Waals surface area (Å²) in [6, 6.07) is 2.26. The minimum atomic E-state index is -0.238. The molecule has 6 heteroatoms. The summed E-state index contributed by atoms with van der Waals surface area (Å²) in [5.74, 6) is 0.949. The van der Waals surface area contributed by atoms with Crippen LogP contribution in [0.1, 0.15) is 44.6 Å². The third-order valence-corrected chi connectivity index (χ3v) is 3.57. The molecule has 2 N–H and O–H groups in total. The van der Waals surface area contributed by atoms with E-state index in [9.17, 15) is 4.79 Å². The first kappa shape index (κ1) is 13.7. The third-order valence-electron chi connectivity index (χ3n) is 3.57. The quantitative estimate of drug-likeness (QED) is 0.850. The summed E-state index contributed by atoms with van der Waals surface area (Å²) in [5.41, 5.74) is 1.36. The number of fused-ring (bicyclic) bond motifs is 1. The van der Waals surface area contributed by atoms with Crippen LogP contribution in [0, 0.1) is 6.92 Å². The van der Waals surface area contributed by atoms with Crippen LogP contribution in [-0.2, 0) is 0 Å². The van der Waals surface area contributed by atoms with Crippen LogP contribution in [-0.4, -0.2) is 32.2 Å². The Morgan fingerprint density at radius 3 is 2.84 bits per heavy atom. The molecule has 0 spiro atoms. The van der Waals surface area contributed by atoms with E-state index in [2.05, 4.69) is 41.3 Å². The Kier molecular flexibility index (Phi) is 3.99. The molecule has 6 nitrogen and oxygen atoms in total. The molecule has 19 heavy (non-hydrogen) atoms. The fourth-order valence-electron chi connectivity index (χ4n) is 2.50. The van der Waals surface area contributed by atoms with Gasteiger partial charge >= 0.3 is 5.69 Å². The molecular weight excluding hydrogens is 242 g/mol. The second-order valence-electron chi connectivity index (χ2n) is 4.81. The Labute approximate surface area is 112 Å². The first-order chi connectivity index (χ1) is 9.08. The van der Waals surface area contributed by atoms with Crippen LogP contribution >= 0.6 is 0 Å². The molecule has 2 atom stereocenters. The zero-order valence-electron chi connectivity index (χ0n) is 11.9. The minimum Gasteiger partial charge on any atom is -0.314 e. The molecule has 104 valence electrons. The molecular formula is C13H21N5O. The van der Waals surface area contributed by atoms with Crippen LogP contribution in [0.5, 0.6) is 0 Å². The monoisotopic (exact) mass is 263 g/mol. The van der Waals surface area contributed by atoms with E-state index in [4.69, 9.17) is 0 Å². The number of hydrogen-bond acceptors (Lipinski definition) is 4. The summed E-state index contributed by atoms with van der Waals surface area (Å²) in [7, 11) is 0. The van der Waals surface area contributed by atoms with Gasteiger partial charge in [-0.25, -0.2) is 19.3 Å². The zero-order valence-corrected chi connectivity index (χ0v) is 11.9. The van der Waals surface area contributed by atoms with Gasteiger partial charge in [0.05, 0.1) is 5.69 Å². The zero-order chi connectivity index (χ0) is 14.0. The Balaban J connectivity index is 2.42. The number of nitrogens with zero attached hydrogens (tertiary/aromatic N) is 3. The highest BCUT2D eigenvalue weighted by Crippen LogP contribution is 2.20. The summed E-state index contributed by atoms with van der Waals surface area (Å²) < 4.78 is 1.49. The molecule has 0 bridgehead atoms. The summed E-state index contributed by atoms with van der Waals surface area (Å²) in [4.78, 5) is 16.1. The van der Waals surface area contributed by atoms with E-state index < -0.39 is 0 Å². The molecule has 2 rings (SSSR count). The SMILES string of the molecule is CCNC(CC)C(C)c1cc2n[nH]c(=O)n2c(C)n1. The standard InChI is InChI=1S/C13H21N5O/c1-5-10(14-6-2)8(3)11-7-12-16-17-13(19)18(12)9(4)15-11/h7-8,10,14H,5-6H2,1-4H3,(H,17,19). The van der Waals surface area contributed by atoms with Gasteiger partial charge in [-0.05, 0) is 19.9 Å². The van der Waals surface area contributed by atoms with E-state index in [1.165, 1.54) is 4.40 Å². The van der Waals surface area contributed by atoms with Crippen molar-refractivity contribution in [1.29, 1.82) is 0 Å². The van der Waals surface area contributed by atoms with Crippen molar-refractivity contribution in [2.75, 3.05) is 6.54 Å². The van der Waals surface area contributed by atoms with Gasteiger partial charge < -0.3 is 5.32 Å². The van der Waals surface area contributed by atoms with Gasteiger partial charge in [0.15, 0.2) is 5.65 Å². The average molecular weight is 263 g/mol. The number of aromatic nitrogens is 4. The molecule has 0 aliphatic carbocycles. The van der Waals surface area contributed by atoms with Crippen molar-refractivity contribution in [1.82, 2.24) is 24.9 Å². The van der Waals surface area contributed by atoms with Crippen molar-refractivity contribution >= 4 is 5.65 Å².